The number of ether oxygens (including phenoxy) is 3. The van der Waals surface area contributed by atoms with Crippen LogP contribution in [0, 0.1) is 0 Å². The zero-order valence-electron chi connectivity index (χ0n) is 13.5. The minimum Gasteiger partial charge on any atom is -0.454 e. The first-order valence-electron chi connectivity index (χ1n) is 7.67. The highest BCUT2D eigenvalue weighted by molar-refractivity contribution is 7.87. The molecule has 1 fully saturated rings. The largest absolute Gasteiger partial charge is 0.454 e. The van der Waals surface area contributed by atoms with Crippen molar-refractivity contribution >= 4 is 10.2 Å². The van der Waals surface area contributed by atoms with Crippen LogP contribution in [-0.4, -0.2) is 44.8 Å². The van der Waals surface area contributed by atoms with Gasteiger partial charge in [-0.2, -0.15) is 17.4 Å². The van der Waals surface area contributed by atoms with Crippen LogP contribution in [0.3, 0.4) is 0 Å². The molecule has 2 aliphatic heterocycles. The van der Waals surface area contributed by atoms with Crippen molar-refractivity contribution in [2.24, 2.45) is 0 Å². The molecule has 1 saturated heterocycles. The highest BCUT2D eigenvalue weighted by Crippen LogP contribution is 2.34. The van der Waals surface area contributed by atoms with Gasteiger partial charge in [0.25, 0.3) is 10.2 Å². The molecule has 0 aliphatic carbocycles. The van der Waals surface area contributed by atoms with Crippen LogP contribution in [0.4, 0.5) is 0 Å². The highest BCUT2D eigenvalue weighted by atomic mass is 32.2. The van der Waals surface area contributed by atoms with Gasteiger partial charge in [-0.1, -0.05) is 6.07 Å². The lowest BCUT2D eigenvalue weighted by molar-refractivity contribution is -0.0444. The third kappa shape index (κ3) is 3.60. The Morgan fingerprint density at radius 1 is 1.17 bits per heavy atom. The lowest BCUT2D eigenvalue weighted by Crippen LogP contribution is -2.52. The van der Waals surface area contributed by atoms with Gasteiger partial charge in [0.05, 0.1) is 12.2 Å². The minimum absolute atomic E-state index is 0.115. The van der Waals surface area contributed by atoms with Gasteiger partial charge in [-0.3, -0.25) is 0 Å². The Bertz CT molecular complexity index is 668. The van der Waals surface area contributed by atoms with Gasteiger partial charge >= 0.3 is 0 Å². The van der Waals surface area contributed by atoms with Crippen LogP contribution in [0.5, 0.6) is 11.5 Å². The van der Waals surface area contributed by atoms with Crippen molar-refractivity contribution in [1.82, 2.24) is 9.03 Å². The van der Waals surface area contributed by atoms with Gasteiger partial charge in [0.15, 0.2) is 11.5 Å². The predicted molar refractivity (Wildman–Crippen MR) is 84.6 cm³/mol. The second-order valence-electron chi connectivity index (χ2n) is 6.03. The molecule has 128 valence electrons. The van der Waals surface area contributed by atoms with E-state index >= 15 is 0 Å². The standard InChI is InChI=1S/C15H22N2O5S/c1-10-7-17(8-11(2)22-10)23(18,19)16-12(3)13-4-5-14-15(6-13)21-9-20-14/h4-6,10-12,16H,7-9H2,1-3H3. The van der Waals surface area contributed by atoms with Crippen LogP contribution < -0.4 is 14.2 Å². The zero-order chi connectivity index (χ0) is 16.6. The van der Waals surface area contributed by atoms with Crippen molar-refractivity contribution in [2.75, 3.05) is 19.9 Å². The van der Waals surface area contributed by atoms with E-state index in [0.29, 0.717) is 24.6 Å². The second-order valence-corrected chi connectivity index (χ2v) is 7.73. The SMILES string of the molecule is CC1CN(S(=O)(=O)NC(C)c2ccc3c(c2)OCO3)CC(C)O1. The quantitative estimate of drug-likeness (QED) is 0.895. The van der Waals surface area contributed by atoms with Crippen LogP contribution in [0.25, 0.3) is 0 Å². The molecule has 3 unspecified atom stereocenters. The average molecular weight is 342 g/mol. The molecule has 0 radical (unpaired) electrons. The molecule has 1 aromatic rings. The Hall–Kier alpha value is -1.35. The van der Waals surface area contributed by atoms with Gasteiger partial charge < -0.3 is 14.2 Å². The number of nitrogens with zero attached hydrogens (tertiary/aromatic N) is 1. The number of hydrogen-bond donors (Lipinski definition) is 1. The van der Waals surface area contributed by atoms with Gasteiger partial charge in [0.1, 0.15) is 0 Å². The Kier molecular flexibility index (Phi) is 4.50. The summed E-state index contributed by atoms with van der Waals surface area (Å²) in [6.45, 7) is 6.46. The van der Waals surface area contributed by atoms with E-state index in [1.54, 1.807) is 12.1 Å². The van der Waals surface area contributed by atoms with E-state index in [-0.39, 0.29) is 25.0 Å². The topological polar surface area (TPSA) is 77.1 Å². The number of benzene rings is 1. The van der Waals surface area contributed by atoms with E-state index in [0.717, 1.165) is 5.56 Å². The van der Waals surface area contributed by atoms with E-state index in [1.807, 2.05) is 26.8 Å². The Balaban J connectivity index is 1.72. The Morgan fingerprint density at radius 2 is 1.83 bits per heavy atom. The van der Waals surface area contributed by atoms with E-state index < -0.39 is 10.2 Å². The third-order valence-electron chi connectivity index (χ3n) is 3.95. The molecular weight excluding hydrogens is 320 g/mol. The fourth-order valence-corrected chi connectivity index (χ4v) is 4.42. The van der Waals surface area contributed by atoms with Gasteiger partial charge in [-0.25, -0.2) is 0 Å². The molecule has 0 spiro atoms. The number of fused-ring (bicyclic) bond motifs is 1. The normalized spacial score (nSPS) is 26.2. The van der Waals surface area contributed by atoms with Crippen molar-refractivity contribution in [2.45, 2.75) is 39.0 Å². The summed E-state index contributed by atoms with van der Waals surface area (Å²) in [5, 5.41) is 0. The summed E-state index contributed by atoms with van der Waals surface area (Å²) in [6, 6.07) is 5.06. The maximum absolute atomic E-state index is 12.6. The van der Waals surface area contributed by atoms with Crippen molar-refractivity contribution in [3.05, 3.63) is 23.8 Å². The van der Waals surface area contributed by atoms with Crippen molar-refractivity contribution in [1.29, 1.82) is 0 Å². The molecule has 0 bridgehead atoms. The van der Waals surface area contributed by atoms with E-state index in [4.69, 9.17) is 14.2 Å². The van der Waals surface area contributed by atoms with Crippen LogP contribution in [0.15, 0.2) is 18.2 Å². The molecule has 0 aromatic heterocycles. The van der Waals surface area contributed by atoms with Crippen LogP contribution >= 0.6 is 0 Å². The first-order valence-corrected chi connectivity index (χ1v) is 9.11. The Morgan fingerprint density at radius 3 is 2.52 bits per heavy atom. The summed E-state index contributed by atoms with van der Waals surface area (Å²) < 4.78 is 45.6. The molecule has 1 aromatic carbocycles. The highest BCUT2D eigenvalue weighted by Gasteiger charge is 2.32. The van der Waals surface area contributed by atoms with E-state index in [2.05, 4.69) is 4.72 Å². The number of nitrogens with one attached hydrogen (secondary N) is 1. The zero-order valence-corrected chi connectivity index (χ0v) is 14.3. The number of hydrogen-bond acceptors (Lipinski definition) is 5. The summed E-state index contributed by atoms with van der Waals surface area (Å²) in [7, 11) is -3.58. The van der Waals surface area contributed by atoms with Gasteiger partial charge in [0, 0.05) is 19.1 Å². The summed E-state index contributed by atoms with van der Waals surface area (Å²) >= 11 is 0. The third-order valence-corrected chi connectivity index (χ3v) is 5.58. The predicted octanol–water partition coefficient (Wildman–Crippen LogP) is 1.42. The maximum atomic E-state index is 12.6. The van der Waals surface area contributed by atoms with Gasteiger partial charge in [0.2, 0.25) is 6.79 Å². The second kappa shape index (κ2) is 6.27. The molecule has 23 heavy (non-hydrogen) atoms. The van der Waals surface area contributed by atoms with Crippen LogP contribution in [0.2, 0.25) is 0 Å². The van der Waals surface area contributed by atoms with E-state index in [1.165, 1.54) is 4.31 Å². The Labute approximate surface area is 136 Å². The van der Waals surface area contributed by atoms with Crippen LogP contribution in [-0.2, 0) is 14.9 Å². The molecule has 1 N–H and O–H groups in total. The summed E-state index contributed by atoms with van der Waals surface area (Å²) in [5.41, 5.74) is 0.826. The summed E-state index contributed by atoms with van der Waals surface area (Å²) in [5.74, 6) is 1.32. The first-order chi connectivity index (χ1) is 10.8. The lowest BCUT2D eigenvalue weighted by atomic mass is 10.1. The van der Waals surface area contributed by atoms with Gasteiger partial charge in [-0.05, 0) is 38.5 Å². The smallest absolute Gasteiger partial charge is 0.280 e. The fraction of sp³-hybridized carbons (Fsp3) is 0.600. The molecule has 0 amide bonds. The van der Waals surface area contributed by atoms with Crippen molar-refractivity contribution < 1.29 is 22.6 Å². The molecule has 3 atom stereocenters. The van der Waals surface area contributed by atoms with E-state index in [9.17, 15) is 8.42 Å². The molecular formula is C15H22N2O5S. The maximum Gasteiger partial charge on any atom is 0.280 e. The monoisotopic (exact) mass is 342 g/mol. The molecule has 7 nitrogen and oxygen atoms in total. The summed E-state index contributed by atoms with van der Waals surface area (Å²) in [4.78, 5) is 0. The molecule has 0 saturated carbocycles. The minimum atomic E-state index is -3.58. The van der Waals surface area contributed by atoms with Crippen LogP contribution in [0.1, 0.15) is 32.4 Å². The molecule has 2 heterocycles. The van der Waals surface area contributed by atoms with Gasteiger partial charge in [-0.15, -0.1) is 0 Å². The first kappa shape index (κ1) is 16.5. The molecule has 3 rings (SSSR count). The molecule has 2 aliphatic rings. The lowest BCUT2D eigenvalue weighted by Gasteiger charge is -2.35. The fourth-order valence-electron chi connectivity index (χ4n) is 2.88. The average Bonchev–Trinajstić information content (AvgIpc) is 2.93. The molecule has 8 heteroatoms. The number of rotatable bonds is 4. The van der Waals surface area contributed by atoms with Crippen molar-refractivity contribution in [3.63, 3.8) is 0 Å². The number of morpholine rings is 1. The van der Waals surface area contributed by atoms with Crippen molar-refractivity contribution in [3.8, 4) is 11.5 Å². The summed E-state index contributed by atoms with van der Waals surface area (Å²) in [6.07, 6.45) is -0.229.